The number of rotatable bonds is 4. The van der Waals surface area contributed by atoms with Crippen LogP contribution < -0.4 is 20.9 Å². The van der Waals surface area contributed by atoms with Gasteiger partial charge >= 0.3 is 0 Å². The fourth-order valence-electron chi connectivity index (χ4n) is 3.67. The first kappa shape index (κ1) is 20.6. The summed E-state index contributed by atoms with van der Waals surface area (Å²) in [5.74, 6) is 0.835. The lowest BCUT2D eigenvalue weighted by atomic mass is 10.1. The van der Waals surface area contributed by atoms with Crippen LogP contribution in [0.25, 0.3) is 21.9 Å². The molecule has 0 radical (unpaired) electrons. The van der Waals surface area contributed by atoms with Gasteiger partial charge in [-0.1, -0.05) is 12.1 Å². The monoisotopic (exact) mass is 419 g/mol. The van der Waals surface area contributed by atoms with Gasteiger partial charge in [-0.15, -0.1) is 0 Å². The normalized spacial score (nSPS) is 14.3. The molecule has 3 aromatic rings. The van der Waals surface area contributed by atoms with Gasteiger partial charge in [-0.25, -0.2) is 14.2 Å². The summed E-state index contributed by atoms with van der Waals surface area (Å²) < 4.78 is 21.0. The van der Waals surface area contributed by atoms with Gasteiger partial charge in [0.2, 0.25) is 5.69 Å². The molecule has 0 atom stereocenters. The van der Waals surface area contributed by atoms with E-state index in [2.05, 4.69) is 4.85 Å². The maximum Gasteiger partial charge on any atom is 0.260 e. The fraction of sp³-hybridized carbons (Fsp3) is 0.261. The molecular weight excluding hydrogens is 397 g/mol. The Kier molecular flexibility index (Phi) is 5.69. The molecule has 1 aliphatic rings. The van der Waals surface area contributed by atoms with Gasteiger partial charge in [0, 0.05) is 30.8 Å². The second-order valence-corrected chi connectivity index (χ2v) is 7.41. The number of hydrogen-bond acceptors (Lipinski definition) is 5. The van der Waals surface area contributed by atoms with Crippen LogP contribution in [0, 0.1) is 12.4 Å². The summed E-state index contributed by atoms with van der Waals surface area (Å²) in [5, 5.41) is 0. The zero-order chi connectivity index (χ0) is 22.0. The second-order valence-electron chi connectivity index (χ2n) is 7.41. The molecule has 0 bridgehead atoms. The molecule has 7 nitrogen and oxygen atoms in total. The Morgan fingerprint density at radius 2 is 1.87 bits per heavy atom. The van der Waals surface area contributed by atoms with Gasteiger partial charge in [-0.05, 0) is 43.2 Å². The summed E-state index contributed by atoms with van der Waals surface area (Å²) in [4.78, 5) is 23.1. The summed E-state index contributed by atoms with van der Waals surface area (Å²) in [5.41, 5.74) is 6.63. The number of nitrogens with two attached hydrogens (primary N) is 1. The molecule has 1 fully saturated rings. The van der Waals surface area contributed by atoms with Gasteiger partial charge in [0.15, 0.2) is 0 Å². The number of benzene rings is 2. The van der Waals surface area contributed by atoms with Crippen molar-refractivity contribution in [2.45, 2.75) is 18.9 Å². The SMILES string of the molecule is [C-]#[N+]c1ccc(-c2nc(N3CCC(N)CC3)cc(=O)n2-c2ccc(OC)cc2)cc1F. The van der Waals surface area contributed by atoms with E-state index >= 15 is 0 Å². The highest BCUT2D eigenvalue weighted by Crippen LogP contribution is 2.28. The first-order valence-corrected chi connectivity index (χ1v) is 9.96. The van der Waals surface area contributed by atoms with Gasteiger partial charge in [0.05, 0.1) is 19.4 Å². The average molecular weight is 419 g/mol. The predicted molar refractivity (Wildman–Crippen MR) is 117 cm³/mol. The third-order valence-corrected chi connectivity index (χ3v) is 5.43. The van der Waals surface area contributed by atoms with Crippen molar-refractivity contribution in [3.63, 3.8) is 0 Å². The van der Waals surface area contributed by atoms with E-state index < -0.39 is 5.82 Å². The molecule has 1 saturated heterocycles. The molecule has 1 aromatic heterocycles. The zero-order valence-corrected chi connectivity index (χ0v) is 17.1. The first-order chi connectivity index (χ1) is 15.0. The molecule has 31 heavy (non-hydrogen) atoms. The number of ether oxygens (including phenoxy) is 1. The third-order valence-electron chi connectivity index (χ3n) is 5.43. The van der Waals surface area contributed by atoms with Crippen molar-refractivity contribution < 1.29 is 9.13 Å². The topological polar surface area (TPSA) is 77.7 Å². The van der Waals surface area contributed by atoms with E-state index in [0.717, 1.165) is 12.8 Å². The number of nitrogens with zero attached hydrogens (tertiary/aromatic N) is 4. The first-order valence-electron chi connectivity index (χ1n) is 9.96. The lowest BCUT2D eigenvalue weighted by Gasteiger charge is -2.31. The lowest BCUT2D eigenvalue weighted by Crippen LogP contribution is -2.40. The molecule has 0 unspecified atom stereocenters. The van der Waals surface area contributed by atoms with Crippen molar-refractivity contribution in [1.82, 2.24) is 9.55 Å². The van der Waals surface area contributed by atoms with E-state index in [1.165, 1.54) is 22.8 Å². The standard InChI is InChI=1S/C23H22FN5O2/c1-26-20-8-3-15(13-19(20)24)23-27-21(28-11-9-16(25)10-12-28)14-22(30)29(23)17-4-6-18(31-2)7-5-17/h3-8,13-14,16H,9-12,25H2,2H3. The number of anilines is 1. The Bertz CT molecular complexity index is 1190. The van der Waals surface area contributed by atoms with Gasteiger partial charge in [0.25, 0.3) is 5.56 Å². The largest absolute Gasteiger partial charge is 0.497 e. The summed E-state index contributed by atoms with van der Waals surface area (Å²) in [7, 11) is 1.56. The molecule has 2 N–H and O–H groups in total. The zero-order valence-electron chi connectivity index (χ0n) is 17.1. The van der Waals surface area contributed by atoms with E-state index in [1.54, 1.807) is 37.4 Å². The molecule has 158 valence electrons. The predicted octanol–water partition coefficient (Wildman–Crippen LogP) is 3.53. The van der Waals surface area contributed by atoms with Crippen LogP contribution in [-0.4, -0.2) is 35.8 Å². The molecule has 2 heterocycles. The molecule has 1 aliphatic heterocycles. The molecule has 4 rings (SSSR count). The minimum absolute atomic E-state index is 0.0803. The average Bonchev–Trinajstić information content (AvgIpc) is 2.79. The second kappa shape index (κ2) is 8.58. The smallest absolute Gasteiger partial charge is 0.260 e. The Hall–Kier alpha value is -3.70. The Morgan fingerprint density at radius 3 is 2.48 bits per heavy atom. The highest BCUT2D eigenvalue weighted by Gasteiger charge is 2.21. The number of hydrogen-bond donors (Lipinski definition) is 1. The van der Waals surface area contributed by atoms with Crippen LogP contribution in [0.5, 0.6) is 5.75 Å². The molecular formula is C23H22FN5O2. The number of aromatic nitrogens is 2. The van der Waals surface area contributed by atoms with Crippen molar-refractivity contribution in [2.24, 2.45) is 5.73 Å². The van der Waals surface area contributed by atoms with Crippen LogP contribution in [0.15, 0.2) is 53.3 Å². The molecule has 0 amide bonds. The van der Waals surface area contributed by atoms with E-state index in [0.29, 0.717) is 41.7 Å². The Balaban J connectivity index is 1.88. The summed E-state index contributed by atoms with van der Waals surface area (Å²) in [6.07, 6.45) is 1.62. The van der Waals surface area contributed by atoms with Gasteiger partial charge in [0.1, 0.15) is 23.2 Å². The van der Waals surface area contributed by atoms with E-state index in [4.69, 9.17) is 22.0 Å². The van der Waals surface area contributed by atoms with E-state index in [-0.39, 0.29) is 17.3 Å². The molecule has 0 saturated carbocycles. The Morgan fingerprint density at radius 1 is 1.16 bits per heavy atom. The maximum atomic E-state index is 14.4. The third kappa shape index (κ3) is 4.13. The van der Waals surface area contributed by atoms with Gasteiger partial charge in [-0.3, -0.25) is 9.36 Å². The van der Waals surface area contributed by atoms with Crippen LogP contribution in [0.3, 0.4) is 0 Å². The molecule has 2 aromatic carbocycles. The quantitative estimate of drug-likeness (QED) is 0.655. The fourth-order valence-corrected chi connectivity index (χ4v) is 3.67. The maximum absolute atomic E-state index is 14.4. The number of halogens is 1. The van der Waals surface area contributed by atoms with Crippen LogP contribution in [0.4, 0.5) is 15.9 Å². The number of piperidine rings is 1. The molecule has 0 spiro atoms. The van der Waals surface area contributed by atoms with Crippen molar-refractivity contribution in [2.75, 3.05) is 25.1 Å². The summed E-state index contributed by atoms with van der Waals surface area (Å²) >= 11 is 0. The van der Waals surface area contributed by atoms with E-state index in [9.17, 15) is 9.18 Å². The van der Waals surface area contributed by atoms with Crippen LogP contribution in [-0.2, 0) is 0 Å². The molecule has 0 aliphatic carbocycles. The Labute approximate surface area is 179 Å². The van der Waals surface area contributed by atoms with Gasteiger partial charge in [-0.2, -0.15) is 0 Å². The summed E-state index contributed by atoms with van der Waals surface area (Å²) in [6.45, 7) is 8.48. The highest BCUT2D eigenvalue weighted by molar-refractivity contribution is 5.65. The van der Waals surface area contributed by atoms with Crippen molar-refractivity contribution in [1.29, 1.82) is 0 Å². The van der Waals surface area contributed by atoms with Crippen molar-refractivity contribution >= 4 is 11.5 Å². The summed E-state index contributed by atoms with van der Waals surface area (Å²) in [6, 6.07) is 12.9. The van der Waals surface area contributed by atoms with Crippen LogP contribution >= 0.6 is 0 Å². The highest BCUT2D eigenvalue weighted by atomic mass is 19.1. The number of methoxy groups -OCH3 is 1. The van der Waals surface area contributed by atoms with Gasteiger partial charge < -0.3 is 15.4 Å². The van der Waals surface area contributed by atoms with Crippen LogP contribution in [0.2, 0.25) is 0 Å². The van der Waals surface area contributed by atoms with Crippen molar-refractivity contribution in [3.05, 3.63) is 76.1 Å². The minimum Gasteiger partial charge on any atom is -0.497 e. The minimum atomic E-state index is -0.655. The lowest BCUT2D eigenvalue weighted by molar-refractivity contribution is 0.414. The molecule has 8 heteroatoms. The van der Waals surface area contributed by atoms with E-state index in [1.807, 2.05) is 4.90 Å². The van der Waals surface area contributed by atoms with Crippen molar-refractivity contribution in [3.8, 4) is 22.8 Å². The van der Waals surface area contributed by atoms with Crippen LogP contribution in [0.1, 0.15) is 12.8 Å².